The van der Waals surface area contributed by atoms with Crippen LogP contribution in [0.15, 0.2) is 36.4 Å². The summed E-state index contributed by atoms with van der Waals surface area (Å²) >= 11 is 0. The monoisotopic (exact) mass is 609 g/mol. The summed E-state index contributed by atoms with van der Waals surface area (Å²) < 4.78 is 65.6. The van der Waals surface area contributed by atoms with Gasteiger partial charge in [-0.3, -0.25) is 0 Å². The summed E-state index contributed by atoms with van der Waals surface area (Å²) in [5, 5.41) is 21.1. The molecule has 1 aliphatic heterocycles. The first-order valence-corrected chi connectivity index (χ1v) is 13.3. The third-order valence-electron chi connectivity index (χ3n) is 7.01. The lowest BCUT2D eigenvalue weighted by Gasteiger charge is -2.41. The molecule has 0 bridgehead atoms. The minimum atomic E-state index is -4.79. The Kier molecular flexibility index (Phi) is 9.68. The number of methoxy groups -OCH3 is 1. The Hall–Kier alpha value is -4.47. The highest BCUT2D eigenvalue weighted by molar-refractivity contribution is 5.75. The van der Waals surface area contributed by atoms with Crippen molar-refractivity contribution in [3.8, 4) is 11.4 Å². The van der Waals surface area contributed by atoms with E-state index in [1.807, 2.05) is 0 Å². The normalized spacial score (nSPS) is 17.0. The molecular formula is C27H31F4N7O5. The van der Waals surface area contributed by atoms with Crippen molar-refractivity contribution in [3.05, 3.63) is 64.7 Å². The Labute approximate surface area is 244 Å². The third kappa shape index (κ3) is 7.31. The molecule has 3 amide bonds. The van der Waals surface area contributed by atoms with Crippen LogP contribution in [0.2, 0.25) is 0 Å². The van der Waals surface area contributed by atoms with Gasteiger partial charge in [0.05, 0.1) is 32.0 Å². The summed E-state index contributed by atoms with van der Waals surface area (Å²) in [5.41, 5.74) is 1.69. The fourth-order valence-electron chi connectivity index (χ4n) is 5.03. The fraction of sp³-hybridized carbons (Fsp3) is 0.444. The second-order valence-corrected chi connectivity index (χ2v) is 9.96. The van der Waals surface area contributed by atoms with Crippen LogP contribution in [-0.4, -0.2) is 87.2 Å². The van der Waals surface area contributed by atoms with E-state index in [0.29, 0.717) is 33.5 Å². The van der Waals surface area contributed by atoms with Gasteiger partial charge in [-0.15, -0.1) is 5.10 Å². The molecule has 16 heteroatoms. The van der Waals surface area contributed by atoms with Gasteiger partial charge in [0.1, 0.15) is 17.7 Å². The van der Waals surface area contributed by atoms with Gasteiger partial charge in [0, 0.05) is 38.5 Å². The first-order chi connectivity index (χ1) is 20.4. The number of aryl methyl sites for hydroxylation is 1. The lowest BCUT2D eigenvalue weighted by molar-refractivity contribution is -0.146. The number of piperidine rings is 1. The Morgan fingerprint density at radius 1 is 1.21 bits per heavy atom. The van der Waals surface area contributed by atoms with Gasteiger partial charge >= 0.3 is 18.3 Å². The summed E-state index contributed by atoms with van der Waals surface area (Å²) in [4.78, 5) is 28.9. The number of aromatic nitrogens is 4. The van der Waals surface area contributed by atoms with E-state index < -0.39 is 42.1 Å². The van der Waals surface area contributed by atoms with E-state index >= 15 is 0 Å². The molecule has 1 saturated heterocycles. The molecule has 0 saturated carbocycles. The first kappa shape index (κ1) is 31.5. The van der Waals surface area contributed by atoms with Crippen molar-refractivity contribution >= 4 is 12.1 Å². The summed E-state index contributed by atoms with van der Waals surface area (Å²) in [6.45, 7) is 1.64. The molecular weight excluding hydrogens is 578 g/mol. The molecule has 0 unspecified atom stereocenters. The van der Waals surface area contributed by atoms with E-state index in [2.05, 4.69) is 20.8 Å². The Balaban J connectivity index is 1.59. The summed E-state index contributed by atoms with van der Waals surface area (Å²) in [5.74, 6) is -1.41. The number of rotatable bonds is 8. The molecule has 0 radical (unpaired) electrons. The largest absolute Gasteiger partial charge is 0.496 e. The molecule has 1 fully saturated rings. The van der Waals surface area contributed by atoms with E-state index in [-0.39, 0.29) is 38.3 Å². The highest BCUT2D eigenvalue weighted by Crippen LogP contribution is 2.36. The summed E-state index contributed by atoms with van der Waals surface area (Å²) in [7, 11) is 2.93. The Morgan fingerprint density at radius 2 is 1.98 bits per heavy atom. The molecule has 1 aliphatic rings. The number of alkyl carbamates (subject to hydrolysis) is 1. The number of urea groups is 1. The number of alkyl halides is 3. The van der Waals surface area contributed by atoms with Crippen LogP contribution in [-0.2, 0) is 17.5 Å². The fourth-order valence-corrected chi connectivity index (χ4v) is 5.03. The Bertz CT molecular complexity index is 1450. The van der Waals surface area contributed by atoms with Gasteiger partial charge in [-0.05, 0) is 58.8 Å². The van der Waals surface area contributed by atoms with Crippen LogP contribution in [0.3, 0.4) is 0 Å². The number of likely N-dealkylation sites (tertiary alicyclic amines) is 1. The number of hydrogen-bond acceptors (Lipinski definition) is 8. The van der Waals surface area contributed by atoms with Crippen molar-refractivity contribution in [2.45, 2.75) is 44.6 Å². The van der Waals surface area contributed by atoms with E-state index in [4.69, 9.17) is 14.6 Å². The summed E-state index contributed by atoms with van der Waals surface area (Å²) in [6.07, 6.45) is -5.50. The molecule has 4 rings (SSSR count). The smallest absolute Gasteiger partial charge is 0.453 e. The van der Waals surface area contributed by atoms with Crippen LogP contribution in [0, 0.1) is 12.7 Å². The van der Waals surface area contributed by atoms with Crippen LogP contribution in [0.4, 0.5) is 27.2 Å². The highest BCUT2D eigenvalue weighted by atomic mass is 19.4. The maximum atomic E-state index is 13.9. The molecule has 0 spiro atoms. The van der Waals surface area contributed by atoms with Gasteiger partial charge in [-0.1, -0.05) is 6.07 Å². The molecule has 2 heterocycles. The highest BCUT2D eigenvalue weighted by Gasteiger charge is 2.39. The number of hydrogen-bond donors (Lipinski definition) is 2. The standard InChI is InChI=1S/C27H31F4N7O5/c1-16-12-18(28)4-6-21(16)22-14-20(43-25(40)32-9-11-39)8-10-37(22)26(41)36(2)15-17-13-19(5-7-23(17)42-3)38-24(27(29,30)31)33-34-35-38/h4-7,12-13,20,22,39H,8-11,14-15H2,1-3H3,(H,32,40)/t20-,22+/m0/s1. The SMILES string of the molecule is COc1ccc(-n2nnnc2C(F)(F)F)cc1CN(C)C(=O)N1CC[C@H](OC(=O)NCCO)C[C@@H]1c1ccc(F)cc1C. The molecule has 43 heavy (non-hydrogen) atoms. The minimum absolute atomic E-state index is 0.0197. The second kappa shape index (κ2) is 13.2. The van der Waals surface area contributed by atoms with Gasteiger partial charge in [0.15, 0.2) is 0 Å². The van der Waals surface area contributed by atoms with Gasteiger partial charge < -0.3 is 29.7 Å². The zero-order valence-corrected chi connectivity index (χ0v) is 23.6. The van der Waals surface area contributed by atoms with Crippen molar-refractivity contribution in [3.63, 3.8) is 0 Å². The predicted octanol–water partition coefficient (Wildman–Crippen LogP) is 3.61. The minimum Gasteiger partial charge on any atom is -0.496 e. The first-order valence-electron chi connectivity index (χ1n) is 13.3. The van der Waals surface area contributed by atoms with Crippen LogP contribution >= 0.6 is 0 Å². The average molecular weight is 610 g/mol. The van der Waals surface area contributed by atoms with E-state index in [9.17, 15) is 27.2 Å². The van der Waals surface area contributed by atoms with Gasteiger partial charge in [0.2, 0.25) is 0 Å². The van der Waals surface area contributed by atoms with Gasteiger partial charge in [-0.25, -0.2) is 14.0 Å². The number of tetrazole rings is 1. The zero-order valence-electron chi connectivity index (χ0n) is 23.6. The molecule has 1 aromatic heterocycles. The number of aliphatic hydroxyl groups excluding tert-OH is 1. The summed E-state index contributed by atoms with van der Waals surface area (Å²) in [6, 6.07) is 7.46. The van der Waals surface area contributed by atoms with Crippen molar-refractivity contribution in [2.75, 3.05) is 33.9 Å². The molecule has 2 aromatic carbocycles. The number of amides is 3. The molecule has 232 valence electrons. The number of ether oxygens (including phenoxy) is 2. The predicted molar refractivity (Wildman–Crippen MR) is 143 cm³/mol. The number of nitrogens with one attached hydrogen (secondary N) is 1. The quantitative estimate of drug-likeness (QED) is 0.370. The van der Waals surface area contributed by atoms with Crippen molar-refractivity contribution in [2.24, 2.45) is 0 Å². The van der Waals surface area contributed by atoms with Crippen LogP contribution < -0.4 is 10.1 Å². The van der Waals surface area contributed by atoms with Crippen LogP contribution in [0.1, 0.15) is 41.4 Å². The van der Waals surface area contributed by atoms with Crippen molar-refractivity contribution in [1.29, 1.82) is 0 Å². The number of aliphatic hydroxyl groups is 1. The van der Waals surface area contributed by atoms with Crippen molar-refractivity contribution < 1.29 is 41.7 Å². The number of halogens is 4. The lowest BCUT2D eigenvalue weighted by Crippen LogP contribution is -2.49. The number of nitrogens with zero attached hydrogens (tertiary/aromatic N) is 6. The molecule has 2 N–H and O–H groups in total. The molecule has 2 atom stereocenters. The zero-order chi connectivity index (χ0) is 31.3. The van der Waals surface area contributed by atoms with Crippen LogP contribution in [0.5, 0.6) is 5.75 Å². The van der Waals surface area contributed by atoms with E-state index in [1.54, 1.807) is 17.9 Å². The number of carbonyl (C=O) groups excluding carboxylic acids is 2. The van der Waals surface area contributed by atoms with E-state index in [0.717, 1.165) is 0 Å². The maximum Gasteiger partial charge on any atom is 0.453 e. The maximum absolute atomic E-state index is 13.9. The lowest BCUT2D eigenvalue weighted by atomic mass is 9.90. The second-order valence-electron chi connectivity index (χ2n) is 9.96. The van der Waals surface area contributed by atoms with Gasteiger partial charge in [0.25, 0.3) is 5.82 Å². The van der Waals surface area contributed by atoms with E-state index in [1.165, 1.54) is 49.4 Å². The molecule has 3 aromatic rings. The third-order valence-corrected chi connectivity index (χ3v) is 7.01. The average Bonchev–Trinajstić information content (AvgIpc) is 3.47. The molecule has 0 aliphatic carbocycles. The van der Waals surface area contributed by atoms with Gasteiger partial charge in [-0.2, -0.15) is 17.9 Å². The number of benzene rings is 2. The molecule has 12 nitrogen and oxygen atoms in total. The number of carbonyl (C=O) groups is 2. The van der Waals surface area contributed by atoms with Crippen molar-refractivity contribution in [1.82, 2.24) is 35.3 Å². The van der Waals surface area contributed by atoms with Crippen LogP contribution in [0.25, 0.3) is 5.69 Å². The topological polar surface area (TPSA) is 135 Å². The Morgan fingerprint density at radius 3 is 2.65 bits per heavy atom.